The van der Waals surface area contributed by atoms with Crippen molar-refractivity contribution in [3.8, 4) is 0 Å². The Labute approximate surface area is 202 Å². The quantitative estimate of drug-likeness (QED) is 0.453. The lowest BCUT2D eigenvalue weighted by Crippen LogP contribution is -2.32. The Hall–Kier alpha value is -3.66. The van der Waals surface area contributed by atoms with Crippen molar-refractivity contribution in [3.63, 3.8) is 0 Å². The summed E-state index contributed by atoms with van der Waals surface area (Å²) < 4.78 is 0. The highest BCUT2D eigenvalue weighted by molar-refractivity contribution is 6.46. The van der Waals surface area contributed by atoms with Gasteiger partial charge in [-0.25, -0.2) is 4.90 Å². The molecule has 0 radical (unpaired) electrons. The molecule has 0 fully saturated rings. The monoisotopic (exact) mass is 452 g/mol. The summed E-state index contributed by atoms with van der Waals surface area (Å²) in [6.07, 6.45) is 0. The van der Waals surface area contributed by atoms with Gasteiger partial charge in [-0.15, -0.1) is 0 Å². The predicted molar refractivity (Wildman–Crippen MR) is 140 cm³/mol. The van der Waals surface area contributed by atoms with Gasteiger partial charge in [0.15, 0.2) is 0 Å². The van der Waals surface area contributed by atoms with E-state index in [-0.39, 0.29) is 17.2 Å². The van der Waals surface area contributed by atoms with Crippen molar-refractivity contribution in [2.45, 2.75) is 53.9 Å². The number of nitrogens with one attached hydrogen (secondary N) is 1. The standard InChI is InChI=1S/C30H32N2O2/c1-18-9-15-24(21(4)16-18)26-27(31-25-17-19(2)8-10-20(25)3)29(34)32(28(26)33)23-13-11-22(12-14-23)30(5,6)7/h8-17,31H,1-7H3. The Kier molecular flexibility index (Phi) is 5.94. The molecule has 2 amide bonds. The molecule has 0 saturated heterocycles. The molecule has 0 spiro atoms. The third kappa shape index (κ3) is 4.28. The van der Waals surface area contributed by atoms with Gasteiger partial charge in [0, 0.05) is 5.69 Å². The number of aryl methyl sites for hydroxylation is 4. The maximum atomic E-state index is 13.8. The van der Waals surface area contributed by atoms with Gasteiger partial charge in [0.05, 0.1) is 11.3 Å². The molecule has 0 saturated carbocycles. The zero-order valence-electron chi connectivity index (χ0n) is 21.0. The second kappa shape index (κ2) is 8.60. The van der Waals surface area contributed by atoms with Crippen molar-refractivity contribution >= 4 is 28.8 Å². The van der Waals surface area contributed by atoms with Gasteiger partial charge in [-0.1, -0.05) is 68.8 Å². The van der Waals surface area contributed by atoms with Crippen LogP contribution in [0.3, 0.4) is 0 Å². The summed E-state index contributed by atoms with van der Waals surface area (Å²) in [5.74, 6) is -0.655. The fourth-order valence-electron chi connectivity index (χ4n) is 4.34. The third-order valence-electron chi connectivity index (χ3n) is 6.38. The summed E-state index contributed by atoms with van der Waals surface area (Å²) in [6, 6.07) is 19.7. The summed E-state index contributed by atoms with van der Waals surface area (Å²) in [4.78, 5) is 28.8. The average Bonchev–Trinajstić information content (AvgIpc) is 3.00. The Balaban J connectivity index is 1.84. The minimum atomic E-state index is -0.343. The van der Waals surface area contributed by atoms with Gasteiger partial charge >= 0.3 is 0 Å². The molecule has 174 valence electrons. The summed E-state index contributed by atoms with van der Waals surface area (Å²) in [7, 11) is 0. The minimum Gasteiger partial charge on any atom is -0.350 e. The molecule has 3 aromatic carbocycles. The van der Waals surface area contributed by atoms with E-state index in [4.69, 9.17) is 0 Å². The van der Waals surface area contributed by atoms with Crippen molar-refractivity contribution in [1.82, 2.24) is 0 Å². The lowest BCUT2D eigenvalue weighted by molar-refractivity contribution is -0.120. The molecule has 0 aliphatic carbocycles. The number of carbonyl (C=O) groups is 2. The van der Waals surface area contributed by atoms with Crippen LogP contribution in [0.5, 0.6) is 0 Å². The van der Waals surface area contributed by atoms with Crippen molar-refractivity contribution in [2.75, 3.05) is 10.2 Å². The predicted octanol–water partition coefficient (Wildman–Crippen LogP) is 6.61. The first kappa shape index (κ1) is 23.5. The molecule has 34 heavy (non-hydrogen) atoms. The van der Waals surface area contributed by atoms with E-state index in [1.165, 1.54) is 4.90 Å². The van der Waals surface area contributed by atoms with Crippen LogP contribution in [-0.4, -0.2) is 11.8 Å². The van der Waals surface area contributed by atoms with Crippen LogP contribution in [0.25, 0.3) is 5.57 Å². The molecule has 1 N–H and O–H groups in total. The van der Waals surface area contributed by atoms with Gasteiger partial charge in [-0.3, -0.25) is 9.59 Å². The zero-order valence-corrected chi connectivity index (χ0v) is 21.0. The van der Waals surface area contributed by atoms with E-state index in [0.29, 0.717) is 17.0 Å². The van der Waals surface area contributed by atoms with Crippen LogP contribution < -0.4 is 10.2 Å². The average molecular weight is 453 g/mol. The van der Waals surface area contributed by atoms with E-state index >= 15 is 0 Å². The van der Waals surface area contributed by atoms with Gasteiger partial charge < -0.3 is 5.32 Å². The number of imide groups is 1. The second-order valence-electron chi connectivity index (χ2n) is 10.3. The number of benzene rings is 3. The number of hydrogen-bond acceptors (Lipinski definition) is 3. The Bertz CT molecular complexity index is 1320. The largest absolute Gasteiger partial charge is 0.350 e. The smallest absolute Gasteiger partial charge is 0.282 e. The number of hydrogen-bond donors (Lipinski definition) is 1. The van der Waals surface area contributed by atoms with Crippen LogP contribution in [0.1, 0.15) is 54.2 Å². The molecule has 0 bridgehead atoms. The highest BCUT2D eigenvalue weighted by Crippen LogP contribution is 2.36. The minimum absolute atomic E-state index is 0.0185. The highest BCUT2D eigenvalue weighted by Gasteiger charge is 2.41. The Morgan fingerprint density at radius 2 is 1.32 bits per heavy atom. The van der Waals surface area contributed by atoms with Gasteiger partial charge in [0.2, 0.25) is 0 Å². The lowest BCUT2D eigenvalue weighted by atomic mass is 9.87. The maximum absolute atomic E-state index is 13.8. The molecule has 1 aliphatic heterocycles. The van der Waals surface area contributed by atoms with Crippen molar-refractivity contribution in [2.24, 2.45) is 0 Å². The van der Waals surface area contributed by atoms with Gasteiger partial charge in [0.25, 0.3) is 11.8 Å². The van der Waals surface area contributed by atoms with E-state index in [1.54, 1.807) is 0 Å². The van der Waals surface area contributed by atoms with Crippen LogP contribution in [0, 0.1) is 27.7 Å². The van der Waals surface area contributed by atoms with Crippen LogP contribution in [0.15, 0.2) is 66.4 Å². The van der Waals surface area contributed by atoms with E-state index < -0.39 is 0 Å². The molecule has 4 heteroatoms. The second-order valence-corrected chi connectivity index (χ2v) is 10.3. The van der Waals surface area contributed by atoms with E-state index in [0.717, 1.165) is 39.1 Å². The normalized spacial score (nSPS) is 14.3. The zero-order chi connectivity index (χ0) is 24.8. The van der Waals surface area contributed by atoms with Gasteiger partial charge in [-0.2, -0.15) is 0 Å². The molecule has 4 rings (SSSR count). The fraction of sp³-hybridized carbons (Fsp3) is 0.267. The summed E-state index contributed by atoms with van der Waals surface area (Å²) in [5, 5.41) is 3.32. The molecule has 1 aliphatic rings. The molecule has 1 heterocycles. The van der Waals surface area contributed by atoms with Gasteiger partial charge in [0.1, 0.15) is 5.70 Å². The molecular weight excluding hydrogens is 420 g/mol. The van der Waals surface area contributed by atoms with E-state index in [2.05, 4.69) is 26.1 Å². The summed E-state index contributed by atoms with van der Waals surface area (Å²) >= 11 is 0. The van der Waals surface area contributed by atoms with Crippen molar-refractivity contribution in [1.29, 1.82) is 0 Å². The third-order valence-corrected chi connectivity index (χ3v) is 6.38. The first-order chi connectivity index (χ1) is 16.0. The summed E-state index contributed by atoms with van der Waals surface area (Å²) in [5.41, 5.74) is 8.16. The molecule has 4 nitrogen and oxygen atoms in total. The number of rotatable bonds is 4. The van der Waals surface area contributed by atoms with Crippen LogP contribution >= 0.6 is 0 Å². The SMILES string of the molecule is Cc1ccc(C2=C(Nc3cc(C)ccc3C)C(=O)N(c3ccc(C(C)(C)C)cc3)C2=O)c(C)c1. The molecular formula is C30H32N2O2. The van der Waals surface area contributed by atoms with Crippen LogP contribution in [0.2, 0.25) is 0 Å². The number of carbonyl (C=O) groups excluding carboxylic acids is 2. The molecule has 0 unspecified atom stereocenters. The van der Waals surface area contributed by atoms with Crippen LogP contribution in [0.4, 0.5) is 11.4 Å². The van der Waals surface area contributed by atoms with Gasteiger partial charge in [-0.05, 0) is 79.1 Å². The van der Waals surface area contributed by atoms with Crippen LogP contribution in [-0.2, 0) is 15.0 Å². The molecule has 0 aromatic heterocycles. The molecule has 3 aromatic rings. The number of anilines is 2. The van der Waals surface area contributed by atoms with E-state index in [9.17, 15) is 9.59 Å². The number of amides is 2. The Morgan fingerprint density at radius 3 is 1.94 bits per heavy atom. The van der Waals surface area contributed by atoms with Crippen molar-refractivity contribution < 1.29 is 9.59 Å². The van der Waals surface area contributed by atoms with E-state index in [1.807, 2.05) is 88.4 Å². The summed E-state index contributed by atoms with van der Waals surface area (Å²) in [6.45, 7) is 14.4. The first-order valence-electron chi connectivity index (χ1n) is 11.6. The lowest BCUT2D eigenvalue weighted by Gasteiger charge is -2.21. The fourth-order valence-corrected chi connectivity index (χ4v) is 4.34. The molecule has 0 atom stereocenters. The first-order valence-corrected chi connectivity index (χ1v) is 11.6. The van der Waals surface area contributed by atoms with Crippen molar-refractivity contribution in [3.05, 3.63) is 99.7 Å². The Morgan fingerprint density at radius 1 is 0.706 bits per heavy atom. The highest BCUT2D eigenvalue weighted by atomic mass is 16.2. The number of nitrogens with zero attached hydrogens (tertiary/aromatic N) is 1. The topological polar surface area (TPSA) is 49.4 Å². The maximum Gasteiger partial charge on any atom is 0.282 e.